The van der Waals surface area contributed by atoms with Gasteiger partial charge in [-0.15, -0.1) is 0 Å². The standard InChI is InChI=1S/C24H19FN4O4/c1-14-7-6-10-17-21(15-8-2-4-11-18(15)25)27-23(26)24(31)28(22(14)17)13-20(30)16-9-3-5-12-19(16)29(32)33/h2-12,23H,13,26H2,1H3/t23-/m0/s1. The monoisotopic (exact) mass is 446 g/mol. The van der Waals surface area contributed by atoms with Crippen LogP contribution in [0.4, 0.5) is 15.8 Å². The van der Waals surface area contributed by atoms with Crippen molar-refractivity contribution < 1.29 is 18.9 Å². The predicted octanol–water partition coefficient (Wildman–Crippen LogP) is 3.39. The summed E-state index contributed by atoms with van der Waals surface area (Å²) >= 11 is 0. The quantitative estimate of drug-likeness (QED) is 0.366. The second-order valence-corrected chi connectivity index (χ2v) is 7.50. The highest BCUT2D eigenvalue weighted by Gasteiger charge is 2.34. The summed E-state index contributed by atoms with van der Waals surface area (Å²) in [6.45, 7) is 1.25. The molecule has 0 radical (unpaired) electrons. The number of nitro groups is 1. The van der Waals surface area contributed by atoms with Gasteiger partial charge in [0.05, 0.1) is 28.4 Å². The summed E-state index contributed by atoms with van der Waals surface area (Å²) in [6, 6.07) is 16.7. The van der Waals surface area contributed by atoms with Crippen LogP contribution in [-0.4, -0.2) is 35.0 Å². The topological polar surface area (TPSA) is 119 Å². The third-order valence-corrected chi connectivity index (χ3v) is 5.38. The van der Waals surface area contributed by atoms with Crippen molar-refractivity contribution in [1.82, 2.24) is 0 Å². The van der Waals surface area contributed by atoms with E-state index in [0.29, 0.717) is 16.8 Å². The Kier molecular flexibility index (Phi) is 5.80. The molecule has 1 atom stereocenters. The molecule has 0 bridgehead atoms. The Hall–Kier alpha value is -4.24. The number of nitrogens with zero attached hydrogens (tertiary/aromatic N) is 3. The lowest BCUT2D eigenvalue weighted by atomic mass is 9.97. The number of aryl methyl sites for hydroxylation is 1. The minimum atomic E-state index is -1.40. The summed E-state index contributed by atoms with van der Waals surface area (Å²) in [7, 11) is 0. The number of carbonyl (C=O) groups is 2. The number of carbonyl (C=O) groups excluding carboxylic acids is 2. The molecule has 3 aromatic rings. The number of halogens is 1. The van der Waals surface area contributed by atoms with Crippen molar-refractivity contribution in [2.45, 2.75) is 13.1 Å². The predicted molar refractivity (Wildman–Crippen MR) is 121 cm³/mol. The zero-order chi connectivity index (χ0) is 23.7. The largest absolute Gasteiger partial charge is 0.302 e. The SMILES string of the molecule is Cc1cccc2c1N(CC(=O)c1ccccc1[N+](=O)[O-])C(=O)[C@@H](N)N=C2c1ccccc1F. The van der Waals surface area contributed by atoms with Crippen LogP contribution in [0, 0.1) is 22.9 Å². The highest BCUT2D eigenvalue weighted by molar-refractivity contribution is 6.21. The molecule has 1 aliphatic heterocycles. The molecule has 33 heavy (non-hydrogen) atoms. The van der Waals surface area contributed by atoms with Crippen LogP contribution in [0.2, 0.25) is 0 Å². The van der Waals surface area contributed by atoms with Crippen LogP contribution in [0.15, 0.2) is 71.7 Å². The van der Waals surface area contributed by atoms with E-state index in [1.165, 1.54) is 47.4 Å². The van der Waals surface area contributed by atoms with Crippen molar-refractivity contribution in [3.63, 3.8) is 0 Å². The van der Waals surface area contributed by atoms with Crippen LogP contribution in [0.5, 0.6) is 0 Å². The number of aliphatic imine (C=N–C) groups is 1. The zero-order valence-corrected chi connectivity index (χ0v) is 17.6. The van der Waals surface area contributed by atoms with Gasteiger partial charge in [-0.2, -0.15) is 0 Å². The number of fused-ring (bicyclic) bond motifs is 1. The Bertz CT molecular complexity index is 1320. The number of nitrogens with two attached hydrogens (primary N) is 1. The summed E-state index contributed by atoms with van der Waals surface area (Å²) in [4.78, 5) is 42.5. The molecule has 0 fully saturated rings. The number of anilines is 1. The van der Waals surface area contributed by atoms with Gasteiger partial charge in [0, 0.05) is 17.2 Å². The van der Waals surface area contributed by atoms with Gasteiger partial charge in [-0.25, -0.2) is 4.39 Å². The number of Topliss-reactive ketones (excluding diaryl/α,β-unsaturated/α-hetero) is 1. The number of nitro benzene ring substituents is 1. The summed E-state index contributed by atoms with van der Waals surface area (Å²) < 4.78 is 14.6. The van der Waals surface area contributed by atoms with Crippen molar-refractivity contribution in [3.05, 3.63) is 105 Å². The highest BCUT2D eigenvalue weighted by atomic mass is 19.1. The first-order chi connectivity index (χ1) is 15.8. The van der Waals surface area contributed by atoms with Gasteiger partial charge in [-0.05, 0) is 30.7 Å². The number of rotatable bonds is 5. The van der Waals surface area contributed by atoms with Gasteiger partial charge >= 0.3 is 0 Å². The Balaban J connectivity index is 1.85. The second-order valence-electron chi connectivity index (χ2n) is 7.50. The molecule has 1 aliphatic rings. The highest BCUT2D eigenvalue weighted by Crippen LogP contribution is 2.32. The van der Waals surface area contributed by atoms with Crippen molar-refractivity contribution in [2.75, 3.05) is 11.4 Å². The molecule has 1 heterocycles. The number of ketones is 1. The lowest BCUT2D eigenvalue weighted by molar-refractivity contribution is -0.385. The average molecular weight is 446 g/mol. The molecule has 166 valence electrons. The van der Waals surface area contributed by atoms with Gasteiger partial charge in [0.15, 0.2) is 11.9 Å². The van der Waals surface area contributed by atoms with Gasteiger partial charge in [-0.1, -0.05) is 42.5 Å². The molecule has 0 saturated carbocycles. The van der Waals surface area contributed by atoms with E-state index in [4.69, 9.17) is 5.73 Å². The molecular formula is C24H19FN4O4. The minimum Gasteiger partial charge on any atom is -0.302 e. The van der Waals surface area contributed by atoms with Crippen LogP contribution in [-0.2, 0) is 4.79 Å². The van der Waals surface area contributed by atoms with Crippen LogP contribution in [0.1, 0.15) is 27.0 Å². The Morgan fingerprint density at radius 1 is 1.09 bits per heavy atom. The van der Waals surface area contributed by atoms with Crippen molar-refractivity contribution in [3.8, 4) is 0 Å². The first kappa shape index (κ1) is 22.0. The number of para-hydroxylation sites is 2. The van der Waals surface area contributed by atoms with E-state index in [9.17, 15) is 24.1 Å². The van der Waals surface area contributed by atoms with E-state index in [0.717, 1.165) is 0 Å². The summed E-state index contributed by atoms with van der Waals surface area (Å²) in [6.07, 6.45) is -1.40. The van der Waals surface area contributed by atoms with Crippen molar-refractivity contribution in [2.24, 2.45) is 10.7 Å². The fourth-order valence-corrected chi connectivity index (χ4v) is 3.86. The lowest BCUT2D eigenvalue weighted by Gasteiger charge is -2.25. The van der Waals surface area contributed by atoms with Gasteiger partial charge in [0.25, 0.3) is 11.6 Å². The van der Waals surface area contributed by atoms with Crippen LogP contribution in [0.25, 0.3) is 0 Å². The third kappa shape index (κ3) is 4.01. The van der Waals surface area contributed by atoms with Crippen molar-refractivity contribution >= 4 is 28.8 Å². The summed E-state index contributed by atoms with van der Waals surface area (Å²) in [5, 5.41) is 11.4. The number of hydrogen-bond acceptors (Lipinski definition) is 6. The maximum absolute atomic E-state index is 14.6. The van der Waals surface area contributed by atoms with Gasteiger partial charge in [-0.3, -0.25) is 24.7 Å². The van der Waals surface area contributed by atoms with E-state index in [-0.39, 0.29) is 22.5 Å². The maximum atomic E-state index is 14.6. The van der Waals surface area contributed by atoms with Crippen LogP contribution in [0.3, 0.4) is 0 Å². The van der Waals surface area contributed by atoms with Crippen LogP contribution >= 0.6 is 0 Å². The Morgan fingerprint density at radius 3 is 2.48 bits per heavy atom. The number of hydrogen-bond donors (Lipinski definition) is 1. The Morgan fingerprint density at radius 2 is 1.76 bits per heavy atom. The minimum absolute atomic E-state index is 0.126. The molecule has 3 aromatic carbocycles. The van der Waals surface area contributed by atoms with Crippen molar-refractivity contribution in [1.29, 1.82) is 0 Å². The molecule has 0 saturated heterocycles. The first-order valence-corrected chi connectivity index (χ1v) is 10.1. The normalized spacial score (nSPS) is 15.5. The van der Waals surface area contributed by atoms with Gasteiger partial charge in [0.1, 0.15) is 5.82 Å². The zero-order valence-electron chi connectivity index (χ0n) is 17.6. The van der Waals surface area contributed by atoms with E-state index in [1.807, 2.05) is 0 Å². The number of benzodiazepines with no additional fused rings is 1. The first-order valence-electron chi connectivity index (χ1n) is 10.1. The smallest absolute Gasteiger partial charge is 0.280 e. The van der Waals surface area contributed by atoms with Gasteiger partial charge in [0.2, 0.25) is 0 Å². The molecule has 0 spiro atoms. The molecule has 9 heteroatoms. The number of amides is 1. The van der Waals surface area contributed by atoms with E-state index >= 15 is 0 Å². The lowest BCUT2D eigenvalue weighted by Crippen LogP contribution is -2.45. The molecule has 0 aromatic heterocycles. The van der Waals surface area contributed by atoms with Gasteiger partial charge < -0.3 is 10.6 Å². The van der Waals surface area contributed by atoms with E-state index in [2.05, 4.69) is 4.99 Å². The molecule has 4 rings (SSSR count). The molecule has 0 aliphatic carbocycles. The second kappa shape index (κ2) is 8.71. The summed E-state index contributed by atoms with van der Waals surface area (Å²) in [5.74, 6) is -1.84. The molecular weight excluding hydrogens is 427 g/mol. The average Bonchev–Trinajstić information content (AvgIpc) is 2.90. The molecule has 2 N–H and O–H groups in total. The van der Waals surface area contributed by atoms with Crippen LogP contribution < -0.4 is 10.6 Å². The summed E-state index contributed by atoms with van der Waals surface area (Å²) in [5.41, 5.74) is 7.33. The molecule has 0 unspecified atom stereocenters. The molecule has 8 nitrogen and oxygen atoms in total. The fraction of sp³-hybridized carbons (Fsp3) is 0.125. The van der Waals surface area contributed by atoms with E-state index < -0.39 is 35.1 Å². The number of benzene rings is 3. The third-order valence-electron chi connectivity index (χ3n) is 5.38. The van der Waals surface area contributed by atoms with E-state index in [1.54, 1.807) is 31.2 Å². The maximum Gasteiger partial charge on any atom is 0.280 e. The Labute approximate surface area is 188 Å². The fourth-order valence-electron chi connectivity index (χ4n) is 3.86. The molecule has 1 amide bonds.